The second kappa shape index (κ2) is 5.04. The maximum absolute atomic E-state index is 5.27. The highest BCUT2D eigenvalue weighted by molar-refractivity contribution is 5.49. The molecule has 0 spiro atoms. The Kier molecular flexibility index (Phi) is 3.02. The van der Waals surface area contributed by atoms with E-state index in [0.717, 1.165) is 43.1 Å². The van der Waals surface area contributed by atoms with Gasteiger partial charge in [-0.25, -0.2) is 4.98 Å². The van der Waals surface area contributed by atoms with Gasteiger partial charge >= 0.3 is 0 Å². The van der Waals surface area contributed by atoms with Gasteiger partial charge < -0.3 is 9.42 Å². The van der Waals surface area contributed by atoms with Crippen LogP contribution in [0.1, 0.15) is 43.2 Å². The SMILES string of the molecule is CCc1nc(C2CCCN2c2cc(C)nc3ncnn23)no1. The van der Waals surface area contributed by atoms with Crippen molar-refractivity contribution in [1.29, 1.82) is 0 Å². The van der Waals surface area contributed by atoms with E-state index in [0.29, 0.717) is 11.7 Å². The lowest BCUT2D eigenvalue weighted by molar-refractivity contribution is 0.373. The van der Waals surface area contributed by atoms with Crippen LogP contribution in [0.3, 0.4) is 0 Å². The summed E-state index contributed by atoms with van der Waals surface area (Å²) in [5.74, 6) is 3.02. The Morgan fingerprint density at radius 1 is 1.36 bits per heavy atom. The fourth-order valence-electron chi connectivity index (χ4n) is 2.97. The Hall–Kier alpha value is -2.51. The van der Waals surface area contributed by atoms with Crippen LogP contribution in [-0.2, 0) is 6.42 Å². The maximum atomic E-state index is 5.27. The average Bonchev–Trinajstić information content (AvgIpc) is 3.24. The summed E-state index contributed by atoms with van der Waals surface area (Å²) in [4.78, 5) is 15.3. The molecule has 0 aliphatic carbocycles. The number of rotatable bonds is 3. The first-order chi connectivity index (χ1) is 10.8. The van der Waals surface area contributed by atoms with Crippen LogP contribution in [0.25, 0.3) is 5.78 Å². The van der Waals surface area contributed by atoms with Crippen LogP contribution in [-0.4, -0.2) is 36.3 Å². The molecular weight excluding hydrogens is 282 g/mol. The van der Waals surface area contributed by atoms with Crippen LogP contribution in [0.5, 0.6) is 0 Å². The van der Waals surface area contributed by atoms with Crippen molar-refractivity contribution in [2.24, 2.45) is 0 Å². The van der Waals surface area contributed by atoms with E-state index in [1.165, 1.54) is 6.33 Å². The molecule has 1 unspecified atom stereocenters. The van der Waals surface area contributed by atoms with Crippen LogP contribution in [0, 0.1) is 6.92 Å². The molecule has 1 saturated heterocycles. The molecular formula is C14H17N7O. The van der Waals surface area contributed by atoms with Crippen LogP contribution < -0.4 is 4.90 Å². The van der Waals surface area contributed by atoms with Crippen molar-refractivity contribution >= 4 is 11.6 Å². The number of hydrogen-bond donors (Lipinski definition) is 0. The summed E-state index contributed by atoms with van der Waals surface area (Å²) in [7, 11) is 0. The van der Waals surface area contributed by atoms with Gasteiger partial charge in [0.25, 0.3) is 5.78 Å². The minimum atomic E-state index is 0.109. The molecule has 0 amide bonds. The van der Waals surface area contributed by atoms with Crippen LogP contribution in [0.4, 0.5) is 5.82 Å². The van der Waals surface area contributed by atoms with Crippen LogP contribution in [0.15, 0.2) is 16.9 Å². The summed E-state index contributed by atoms with van der Waals surface area (Å²) in [6.07, 6.45) is 4.36. The lowest BCUT2D eigenvalue weighted by Crippen LogP contribution is -2.26. The lowest BCUT2D eigenvalue weighted by Gasteiger charge is -2.24. The fourth-order valence-corrected chi connectivity index (χ4v) is 2.97. The third kappa shape index (κ3) is 2.02. The quantitative estimate of drug-likeness (QED) is 0.727. The zero-order chi connectivity index (χ0) is 15.1. The van der Waals surface area contributed by atoms with Gasteiger partial charge in [0, 0.05) is 24.7 Å². The Balaban J connectivity index is 1.77. The van der Waals surface area contributed by atoms with Crippen molar-refractivity contribution < 1.29 is 4.52 Å². The maximum Gasteiger partial charge on any atom is 0.254 e. The first kappa shape index (κ1) is 13.2. The summed E-state index contributed by atoms with van der Waals surface area (Å²) >= 11 is 0. The topological polar surface area (TPSA) is 85.2 Å². The smallest absolute Gasteiger partial charge is 0.254 e. The van der Waals surface area contributed by atoms with Gasteiger partial charge in [-0.1, -0.05) is 12.1 Å². The molecule has 0 saturated carbocycles. The number of fused-ring (bicyclic) bond motifs is 1. The van der Waals surface area contributed by atoms with E-state index in [4.69, 9.17) is 4.52 Å². The highest BCUT2D eigenvalue weighted by Gasteiger charge is 2.32. The van der Waals surface area contributed by atoms with Crippen molar-refractivity contribution in [3.8, 4) is 0 Å². The second-order valence-corrected chi connectivity index (χ2v) is 5.48. The Morgan fingerprint density at radius 2 is 2.27 bits per heavy atom. The van der Waals surface area contributed by atoms with Gasteiger partial charge in [-0.3, -0.25) is 0 Å². The molecule has 1 aliphatic heterocycles. The molecule has 22 heavy (non-hydrogen) atoms. The van der Waals surface area contributed by atoms with E-state index in [9.17, 15) is 0 Å². The Bertz CT molecular complexity index is 808. The van der Waals surface area contributed by atoms with Crippen LogP contribution >= 0.6 is 0 Å². The zero-order valence-electron chi connectivity index (χ0n) is 12.6. The summed E-state index contributed by atoms with van der Waals surface area (Å²) < 4.78 is 7.04. The molecule has 8 heteroatoms. The van der Waals surface area contributed by atoms with E-state index in [2.05, 4.69) is 30.1 Å². The molecule has 1 atom stereocenters. The van der Waals surface area contributed by atoms with Gasteiger partial charge in [0.15, 0.2) is 5.82 Å². The number of anilines is 1. The molecule has 0 aromatic carbocycles. The minimum Gasteiger partial charge on any atom is -0.346 e. The van der Waals surface area contributed by atoms with Crippen LogP contribution in [0.2, 0.25) is 0 Å². The Labute approximate surface area is 127 Å². The molecule has 1 fully saturated rings. The fraction of sp³-hybridized carbons (Fsp3) is 0.500. The summed E-state index contributed by atoms with van der Waals surface area (Å²) in [6.45, 7) is 4.90. The molecule has 4 rings (SSSR count). The molecule has 3 aromatic rings. The Morgan fingerprint density at radius 3 is 3.09 bits per heavy atom. The summed E-state index contributed by atoms with van der Waals surface area (Å²) in [5.41, 5.74) is 0.920. The predicted molar refractivity (Wildman–Crippen MR) is 78.5 cm³/mol. The van der Waals surface area contributed by atoms with Crippen molar-refractivity contribution in [1.82, 2.24) is 29.7 Å². The number of nitrogens with zero attached hydrogens (tertiary/aromatic N) is 7. The minimum absolute atomic E-state index is 0.109. The third-order valence-corrected chi connectivity index (χ3v) is 3.99. The summed E-state index contributed by atoms with van der Waals surface area (Å²) in [6, 6.07) is 2.14. The van der Waals surface area contributed by atoms with E-state index in [1.54, 1.807) is 4.52 Å². The third-order valence-electron chi connectivity index (χ3n) is 3.99. The highest BCUT2D eigenvalue weighted by atomic mass is 16.5. The number of aryl methyl sites for hydroxylation is 2. The number of aromatic nitrogens is 6. The summed E-state index contributed by atoms with van der Waals surface area (Å²) in [5, 5.41) is 8.44. The average molecular weight is 299 g/mol. The van der Waals surface area contributed by atoms with Crippen molar-refractivity contribution in [2.75, 3.05) is 11.4 Å². The normalized spacial score (nSPS) is 18.5. The molecule has 114 valence electrons. The molecule has 0 bridgehead atoms. The standard InChI is InChI=1S/C14H17N7O/c1-3-11-18-13(19-22-11)10-5-4-6-20(10)12-7-9(2)17-14-15-8-16-21(12)14/h7-8,10H,3-6H2,1-2H3. The first-order valence-corrected chi connectivity index (χ1v) is 7.52. The van der Waals surface area contributed by atoms with Gasteiger partial charge in [-0.15, -0.1) is 0 Å². The lowest BCUT2D eigenvalue weighted by atomic mass is 10.2. The largest absolute Gasteiger partial charge is 0.346 e. The van der Waals surface area contributed by atoms with Gasteiger partial charge in [0.1, 0.15) is 12.1 Å². The van der Waals surface area contributed by atoms with E-state index in [1.807, 2.05) is 19.9 Å². The molecule has 0 radical (unpaired) electrons. The van der Waals surface area contributed by atoms with Gasteiger partial charge in [-0.2, -0.15) is 19.6 Å². The van der Waals surface area contributed by atoms with Crippen molar-refractivity contribution in [2.45, 2.75) is 39.2 Å². The van der Waals surface area contributed by atoms with Gasteiger partial charge in [0.05, 0.1) is 6.04 Å². The van der Waals surface area contributed by atoms with E-state index >= 15 is 0 Å². The van der Waals surface area contributed by atoms with Crippen molar-refractivity contribution in [3.05, 3.63) is 29.8 Å². The first-order valence-electron chi connectivity index (χ1n) is 7.52. The van der Waals surface area contributed by atoms with E-state index in [-0.39, 0.29) is 6.04 Å². The molecule has 4 heterocycles. The van der Waals surface area contributed by atoms with Gasteiger partial charge in [-0.05, 0) is 19.8 Å². The highest BCUT2D eigenvalue weighted by Crippen LogP contribution is 2.34. The molecule has 3 aromatic heterocycles. The molecule has 1 aliphatic rings. The van der Waals surface area contributed by atoms with Crippen molar-refractivity contribution in [3.63, 3.8) is 0 Å². The van der Waals surface area contributed by atoms with Gasteiger partial charge in [0.2, 0.25) is 5.89 Å². The molecule has 8 nitrogen and oxygen atoms in total. The monoisotopic (exact) mass is 299 g/mol. The molecule has 0 N–H and O–H groups in total. The van der Waals surface area contributed by atoms with E-state index < -0.39 is 0 Å². The predicted octanol–water partition coefficient (Wildman–Crippen LogP) is 1.72. The zero-order valence-corrected chi connectivity index (χ0v) is 12.6. The second-order valence-electron chi connectivity index (χ2n) is 5.48. The number of hydrogen-bond acceptors (Lipinski definition) is 7.